The Balaban J connectivity index is 0.00000210. The summed E-state index contributed by atoms with van der Waals surface area (Å²) < 4.78 is 11.6. The smallest absolute Gasteiger partial charge is 0.194 e. The fourth-order valence-corrected chi connectivity index (χ4v) is 5.19. The minimum Gasteiger partial charge on any atom is -0.496 e. The van der Waals surface area contributed by atoms with E-state index in [1.54, 1.807) is 7.11 Å². The van der Waals surface area contributed by atoms with Gasteiger partial charge in [0.05, 0.1) is 13.2 Å². The molecule has 6 heteroatoms. The second kappa shape index (κ2) is 8.55. The number of guanidine groups is 1. The van der Waals surface area contributed by atoms with Gasteiger partial charge in [0.2, 0.25) is 0 Å². The molecule has 0 aromatic heterocycles. The summed E-state index contributed by atoms with van der Waals surface area (Å²) >= 11 is 0. The zero-order valence-corrected chi connectivity index (χ0v) is 18.9. The Hall–Kier alpha value is -1.02. The molecule has 1 aromatic rings. The molecule has 1 heterocycles. The molecule has 4 rings (SSSR count). The summed E-state index contributed by atoms with van der Waals surface area (Å²) in [5, 5.41) is 3.83. The molecule has 1 saturated heterocycles. The van der Waals surface area contributed by atoms with Gasteiger partial charge in [-0.2, -0.15) is 0 Å². The lowest BCUT2D eigenvalue weighted by Crippen LogP contribution is -2.72. The van der Waals surface area contributed by atoms with Gasteiger partial charge in [0.25, 0.3) is 0 Å². The average Bonchev–Trinajstić information content (AvgIpc) is 3.02. The lowest BCUT2D eigenvalue weighted by Gasteiger charge is -2.63. The highest BCUT2D eigenvalue weighted by Gasteiger charge is 2.66. The molecule has 3 fully saturated rings. The Morgan fingerprint density at radius 1 is 1.37 bits per heavy atom. The van der Waals surface area contributed by atoms with Crippen molar-refractivity contribution >= 4 is 29.9 Å². The molecule has 0 bridgehead atoms. The molecule has 3 atom stereocenters. The van der Waals surface area contributed by atoms with Crippen LogP contribution in [-0.4, -0.2) is 50.3 Å². The standard InChI is InChI=1S/C21H31N3O2.HI/c1-4-22-20(24(2)14-15-8-5-6-9-17(15)25-3)23-18-16-10-13-26-19(16)21(18)11-7-12-21;/h5-6,8-9,16,18-19H,4,7,10-14H2,1-3H3,(H,22,23);1H. The van der Waals surface area contributed by atoms with Crippen molar-refractivity contribution in [3.8, 4) is 5.75 Å². The number of para-hydroxylation sites is 1. The number of ether oxygens (including phenoxy) is 2. The first kappa shape index (κ1) is 20.7. The maximum atomic E-state index is 6.06. The summed E-state index contributed by atoms with van der Waals surface area (Å²) in [6.45, 7) is 4.58. The molecule has 1 spiro atoms. The second-order valence-corrected chi connectivity index (χ2v) is 7.92. The predicted molar refractivity (Wildman–Crippen MR) is 119 cm³/mol. The molecule has 3 aliphatic rings. The third-order valence-corrected chi connectivity index (χ3v) is 6.59. The number of hydrogen-bond donors (Lipinski definition) is 1. The van der Waals surface area contributed by atoms with Crippen LogP contribution in [0.3, 0.4) is 0 Å². The Labute approximate surface area is 179 Å². The molecule has 2 aliphatic carbocycles. The lowest BCUT2D eigenvalue weighted by molar-refractivity contribution is -0.171. The molecule has 1 aliphatic heterocycles. The van der Waals surface area contributed by atoms with E-state index in [9.17, 15) is 0 Å². The van der Waals surface area contributed by atoms with Crippen LogP contribution in [0.25, 0.3) is 0 Å². The van der Waals surface area contributed by atoms with Crippen molar-refractivity contribution in [1.29, 1.82) is 0 Å². The largest absolute Gasteiger partial charge is 0.496 e. The summed E-state index contributed by atoms with van der Waals surface area (Å²) in [4.78, 5) is 7.00. The third-order valence-electron chi connectivity index (χ3n) is 6.59. The van der Waals surface area contributed by atoms with E-state index < -0.39 is 0 Å². The van der Waals surface area contributed by atoms with Gasteiger partial charge in [0.15, 0.2) is 5.96 Å². The van der Waals surface area contributed by atoms with Crippen LogP contribution in [0.1, 0.15) is 38.2 Å². The van der Waals surface area contributed by atoms with Crippen molar-refractivity contribution in [1.82, 2.24) is 10.2 Å². The Morgan fingerprint density at radius 2 is 2.15 bits per heavy atom. The monoisotopic (exact) mass is 485 g/mol. The van der Waals surface area contributed by atoms with E-state index in [-0.39, 0.29) is 24.0 Å². The molecule has 1 aromatic carbocycles. The number of rotatable bonds is 5. The molecule has 5 nitrogen and oxygen atoms in total. The van der Waals surface area contributed by atoms with Crippen LogP contribution in [0.2, 0.25) is 0 Å². The topological polar surface area (TPSA) is 46.1 Å². The molecule has 2 saturated carbocycles. The number of fused-ring (bicyclic) bond motifs is 2. The molecule has 1 N–H and O–H groups in total. The van der Waals surface area contributed by atoms with E-state index in [0.29, 0.717) is 23.5 Å². The van der Waals surface area contributed by atoms with Gasteiger partial charge in [0, 0.05) is 49.7 Å². The highest BCUT2D eigenvalue weighted by molar-refractivity contribution is 14.0. The molecule has 150 valence electrons. The molecule has 0 radical (unpaired) electrons. The van der Waals surface area contributed by atoms with Gasteiger partial charge in [-0.3, -0.25) is 4.99 Å². The number of aliphatic imine (C=N–C) groups is 1. The average molecular weight is 485 g/mol. The third kappa shape index (κ3) is 3.55. The van der Waals surface area contributed by atoms with Gasteiger partial charge < -0.3 is 19.7 Å². The quantitative estimate of drug-likeness (QED) is 0.393. The van der Waals surface area contributed by atoms with Crippen molar-refractivity contribution in [2.75, 3.05) is 27.3 Å². The maximum absolute atomic E-state index is 6.06. The van der Waals surface area contributed by atoms with Crippen molar-refractivity contribution in [2.24, 2.45) is 16.3 Å². The van der Waals surface area contributed by atoms with Crippen molar-refractivity contribution in [3.05, 3.63) is 29.8 Å². The normalized spacial score (nSPS) is 27.8. The first-order valence-corrected chi connectivity index (χ1v) is 9.95. The van der Waals surface area contributed by atoms with Crippen molar-refractivity contribution in [2.45, 2.75) is 51.3 Å². The van der Waals surface area contributed by atoms with Crippen LogP contribution in [0.4, 0.5) is 0 Å². The van der Waals surface area contributed by atoms with Crippen LogP contribution >= 0.6 is 24.0 Å². The van der Waals surface area contributed by atoms with Gasteiger partial charge in [-0.1, -0.05) is 24.6 Å². The summed E-state index contributed by atoms with van der Waals surface area (Å²) in [6.07, 6.45) is 5.58. The van der Waals surface area contributed by atoms with Gasteiger partial charge in [0.1, 0.15) is 5.75 Å². The van der Waals surface area contributed by atoms with Gasteiger partial charge in [-0.15, -0.1) is 24.0 Å². The number of benzene rings is 1. The van der Waals surface area contributed by atoms with E-state index >= 15 is 0 Å². The van der Waals surface area contributed by atoms with Crippen LogP contribution < -0.4 is 10.1 Å². The van der Waals surface area contributed by atoms with Crippen LogP contribution in [0, 0.1) is 11.3 Å². The van der Waals surface area contributed by atoms with E-state index in [0.717, 1.165) is 31.4 Å². The first-order chi connectivity index (χ1) is 12.7. The minimum atomic E-state index is 0. The van der Waals surface area contributed by atoms with E-state index in [1.807, 2.05) is 12.1 Å². The lowest BCUT2D eigenvalue weighted by atomic mass is 9.46. The number of nitrogens with one attached hydrogen (secondary N) is 1. The summed E-state index contributed by atoms with van der Waals surface area (Å²) in [5.74, 6) is 2.58. The molecule has 0 amide bonds. The summed E-state index contributed by atoms with van der Waals surface area (Å²) in [7, 11) is 3.84. The Morgan fingerprint density at radius 3 is 2.81 bits per heavy atom. The molecular formula is C21H32IN3O2. The molecular weight excluding hydrogens is 453 g/mol. The fraction of sp³-hybridized carbons (Fsp3) is 0.667. The van der Waals surface area contributed by atoms with Gasteiger partial charge in [-0.05, 0) is 32.3 Å². The molecule has 27 heavy (non-hydrogen) atoms. The Kier molecular flexibility index (Phi) is 6.56. The number of hydrogen-bond acceptors (Lipinski definition) is 3. The van der Waals surface area contributed by atoms with E-state index in [1.165, 1.54) is 31.2 Å². The first-order valence-electron chi connectivity index (χ1n) is 9.95. The molecule has 3 unspecified atom stereocenters. The van der Waals surface area contributed by atoms with Crippen LogP contribution in [-0.2, 0) is 11.3 Å². The van der Waals surface area contributed by atoms with Gasteiger partial charge in [-0.25, -0.2) is 0 Å². The van der Waals surface area contributed by atoms with Gasteiger partial charge >= 0.3 is 0 Å². The Bertz CT molecular complexity index is 677. The van der Waals surface area contributed by atoms with E-state index in [2.05, 4.69) is 36.3 Å². The zero-order valence-electron chi connectivity index (χ0n) is 16.6. The SMILES string of the molecule is CCN=C(NC1C2CCOC2C12CCC2)N(C)Cc1ccccc1OC.I. The highest BCUT2D eigenvalue weighted by atomic mass is 127. The fourth-order valence-electron chi connectivity index (χ4n) is 5.19. The highest BCUT2D eigenvalue weighted by Crippen LogP contribution is 2.62. The van der Waals surface area contributed by atoms with Crippen LogP contribution in [0.15, 0.2) is 29.3 Å². The second-order valence-electron chi connectivity index (χ2n) is 7.92. The number of nitrogens with zero attached hydrogens (tertiary/aromatic N) is 2. The van der Waals surface area contributed by atoms with Crippen LogP contribution in [0.5, 0.6) is 5.75 Å². The van der Waals surface area contributed by atoms with Crippen molar-refractivity contribution < 1.29 is 9.47 Å². The minimum absolute atomic E-state index is 0. The summed E-state index contributed by atoms with van der Waals surface area (Å²) in [5.41, 5.74) is 1.54. The summed E-state index contributed by atoms with van der Waals surface area (Å²) in [6, 6.07) is 8.72. The number of halogens is 1. The maximum Gasteiger partial charge on any atom is 0.194 e. The predicted octanol–water partition coefficient (Wildman–Crippen LogP) is 3.67. The van der Waals surface area contributed by atoms with E-state index in [4.69, 9.17) is 14.5 Å². The van der Waals surface area contributed by atoms with Crippen molar-refractivity contribution in [3.63, 3.8) is 0 Å². The number of methoxy groups -OCH3 is 1. The zero-order chi connectivity index (χ0) is 18.1.